The van der Waals surface area contributed by atoms with Gasteiger partial charge in [-0.2, -0.15) is 0 Å². The molecule has 1 heteroatoms. The summed E-state index contributed by atoms with van der Waals surface area (Å²) in [6.07, 6.45) is 5.33. The molecule has 2 aromatic carbocycles. The minimum atomic E-state index is -0.356. The number of aliphatic hydroxyl groups excluding tert-OH is 1. The second kappa shape index (κ2) is 6.44. The fourth-order valence-electron chi connectivity index (χ4n) is 3.10. The van der Waals surface area contributed by atoms with Crippen LogP contribution in [0.1, 0.15) is 60.0 Å². The highest BCUT2D eigenvalue weighted by Gasteiger charge is 2.20. The van der Waals surface area contributed by atoms with E-state index in [1.165, 1.54) is 36.0 Å². The van der Waals surface area contributed by atoms with Crippen LogP contribution in [0, 0.1) is 6.92 Å². The van der Waals surface area contributed by atoms with Gasteiger partial charge in [0.05, 0.1) is 6.10 Å². The SMILES string of the molecule is Cc1cccc(CCC(O)c2cccc(C3CCC3)c2)c1. The van der Waals surface area contributed by atoms with Crippen molar-refractivity contribution in [3.8, 4) is 0 Å². The minimum absolute atomic E-state index is 0.356. The normalized spacial score (nSPS) is 16.5. The third kappa shape index (κ3) is 3.54. The Morgan fingerprint density at radius 2 is 1.90 bits per heavy atom. The van der Waals surface area contributed by atoms with E-state index in [1.807, 2.05) is 0 Å². The standard InChI is InChI=1S/C20H24O/c1-15-5-2-6-16(13-15)11-12-20(21)19-10-4-9-18(14-19)17-7-3-8-17/h2,4-6,9-10,13-14,17,20-21H,3,7-8,11-12H2,1H3. The van der Waals surface area contributed by atoms with Gasteiger partial charge in [0, 0.05) is 0 Å². The summed E-state index contributed by atoms with van der Waals surface area (Å²) >= 11 is 0. The van der Waals surface area contributed by atoms with E-state index < -0.39 is 0 Å². The number of benzene rings is 2. The van der Waals surface area contributed by atoms with Gasteiger partial charge < -0.3 is 5.11 Å². The molecule has 0 saturated heterocycles. The number of aliphatic hydroxyl groups is 1. The Bertz CT molecular complexity index is 598. The van der Waals surface area contributed by atoms with Crippen molar-refractivity contribution in [1.29, 1.82) is 0 Å². The van der Waals surface area contributed by atoms with E-state index in [9.17, 15) is 5.11 Å². The lowest BCUT2D eigenvalue weighted by Crippen LogP contribution is -2.09. The first-order valence-corrected chi connectivity index (χ1v) is 8.06. The number of hydrogen-bond donors (Lipinski definition) is 1. The number of rotatable bonds is 5. The van der Waals surface area contributed by atoms with Crippen molar-refractivity contribution in [3.63, 3.8) is 0 Å². The molecule has 0 spiro atoms. The predicted molar refractivity (Wildman–Crippen MR) is 87.5 cm³/mol. The zero-order valence-corrected chi connectivity index (χ0v) is 12.8. The molecule has 110 valence electrons. The van der Waals surface area contributed by atoms with Crippen molar-refractivity contribution >= 4 is 0 Å². The lowest BCUT2D eigenvalue weighted by Gasteiger charge is -2.26. The van der Waals surface area contributed by atoms with Crippen LogP contribution in [0.5, 0.6) is 0 Å². The molecule has 1 aliphatic carbocycles. The molecule has 0 heterocycles. The zero-order chi connectivity index (χ0) is 14.7. The van der Waals surface area contributed by atoms with Crippen LogP contribution < -0.4 is 0 Å². The maximum absolute atomic E-state index is 10.4. The maximum Gasteiger partial charge on any atom is 0.0793 e. The third-order valence-corrected chi connectivity index (χ3v) is 4.66. The van der Waals surface area contributed by atoms with Gasteiger partial charge in [-0.05, 0) is 55.2 Å². The van der Waals surface area contributed by atoms with Gasteiger partial charge in [0.15, 0.2) is 0 Å². The smallest absolute Gasteiger partial charge is 0.0793 e. The molecule has 1 nitrogen and oxygen atoms in total. The van der Waals surface area contributed by atoms with Gasteiger partial charge in [0.2, 0.25) is 0 Å². The molecule has 0 amide bonds. The minimum Gasteiger partial charge on any atom is -0.388 e. The van der Waals surface area contributed by atoms with Gasteiger partial charge in [-0.15, -0.1) is 0 Å². The Morgan fingerprint density at radius 3 is 2.62 bits per heavy atom. The molecule has 1 fully saturated rings. The predicted octanol–water partition coefficient (Wildman–Crippen LogP) is 4.93. The maximum atomic E-state index is 10.4. The number of aryl methyl sites for hydroxylation is 2. The summed E-state index contributed by atoms with van der Waals surface area (Å²) in [5, 5.41) is 10.4. The average molecular weight is 280 g/mol. The molecule has 0 bridgehead atoms. The Labute approximate surface area is 127 Å². The van der Waals surface area contributed by atoms with Gasteiger partial charge in [0.25, 0.3) is 0 Å². The first-order valence-electron chi connectivity index (χ1n) is 8.06. The van der Waals surface area contributed by atoms with Crippen LogP contribution in [-0.4, -0.2) is 5.11 Å². The van der Waals surface area contributed by atoms with Crippen LogP contribution in [0.25, 0.3) is 0 Å². The van der Waals surface area contributed by atoms with Crippen molar-refractivity contribution in [2.45, 2.75) is 51.0 Å². The van der Waals surface area contributed by atoms with E-state index in [4.69, 9.17) is 0 Å². The average Bonchev–Trinajstić information content (AvgIpc) is 2.43. The quantitative estimate of drug-likeness (QED) is 0.823. The lowest BCUT2D eigenvalue weighted by atomic mass is 9.79. The lowest BCUT2D eigenvalue weighted by molar-refractivity contribution is 0.167. The molecule has 1 aliphatic rings. The van der Waals surface area contributed by atoms with Crippen LogP contribution in [-0.2, 0) is 6.42 Å². The van der Waals surface area contributed by atoms with E-state index in [0.717, 1.165) is 24.3 Å². The summed E-state index contributed by atoms with van der Waals surface area (Å²) in [6, 6.07) is 17.1. The zero-order valence-electron chi connectivity index (χ0n) is 12.8. The van der Waals surface area contributed by atoms with Crippen molar-refractivity contribution in [2.24, 2.45) is 0 Å². The molecule has 2 aromatic rings. The molecular formula is C20H24O. The highest BCUT2D eigenvalue weighted by Crippen LogP contribution is 2.37. The molecule has 1 saturated carbocycles. The van der Waals surface area contributed by atoms with Crippen molar-refractivity contribution in [1.82, 2.24) is 0 Å². The van der Waals surface area contributed by atoms with Crippen molar-refractivity contribution < 1.29 is 5.11 Å². The van der Waals surface area contributed by atoms with E-state index in [1.54, 1.807) is 0 Å². The first kappa shape index (κ1) is 14.3. The second-order valence-corrected chi connectivity index (χ2v) is 6.34. The van der Waals surface area contributed by atoms with E-state index in [2.05, 4.69) is 55.5 Å². The van der Waals surface area contributed by atoms with E-state index in [-0.39, 0.29) is 6.10 Å². The Hall–Kier alpha value is -1.60. The van der Waals surface area contributed by atoms with Gasteiger partial charge in [0.1, 0.15) is 0 Å². The monoisotopic (exact) mass is 280 g/mol. The molecule has 1 atom stereocenters. The highest BCUT2D eigenvalue weighted by atomic mass is 16.3. The topological polar surface area (TPSA) is 20.2 Å². The summed E-state index contributed by atoms with van der Waals surface area (Å²) in [7, 11) is 0. The van der Waals surface area contributed by atoms with Crippen LogP contribution in [0.3, 0.4) is 0 Å². The van der Waals surface area contributed by atoms with Gasteiger partial charge in [-0.1, -0.05) is 60.5 Å². The molecule has 3 rings (SSSR count). The van der Waals surface area contributed by atoms with Crippen molar-refractivity contribution in [2.75, 3.05) is 0 Å². The Kier molecular flexibility index (Phi) is 4.40. The molecule has 0 aromatic heterocycles. The molecular weight excluding hydrogens is 256 g/mol. The van der Waals surface area contributed by atoms with Crippen LogP contribution in [0.2, 0.25) is 0 Å². The van der Waals surface area contributed by atoms with Crippen LogP contribution >= 0.6 is 0 Å². The molecule has 1 unspecified atom stereocenters. The first-order chi connectivity index (χ1) is 10.2. The molecule has 0 radical (unpaired) electrons. The fourth-order valence-corrected chi connectivity index (χ4v) is 3.10. The van der Waals surface area contributed by atoms with E-state index >= 15 is 0 Å². The van der Waals surface area contributed by atoms with E-state index in [0.29, 0.717) is 0 Å². The summed E-state index contributed by atoms with van der Waals surface area (Å²) in [4.78, 5) is 0. The van der Waals surface area contributed by atoms with Gasteiger partial charge in [-0.25, -0.2) is 0 Å². The molecule has 0 aliphatic heterocycles. The van der Waals surface area contributed by atoms with Crippen molar-refractivity contribution in [3.05, 3.63) is 70.8 Å². The van der Waals surface area contributed by atoms with Gasteiger partial charge in [-0.3, -0.25) is 0 Å². The van der Waals surface area contributed by atoms with Crippen LogP contribution in [0.15, 0.2) is 48.5 Å². The second-order valence-electron chi connectivity index (χ2n) is 6.34. The fraction of sp³-hybridized carbons (Fsp3) is 0.400. The summed E-state index contributed by atoms with van der Waals surface area (Å²) in [5.74, 6) is 0.730. The summed E-state index contributed by atoms with van der Waals surface area (Å²) in [6.45, 7) is 2.11. The molecule has 21 heavy (non-hydrogen) atoms. The highest BCUT2D eigenvalue weighted by molar-refractivity contribution is 5.29. The Morgan fingerprint density at radius 1 is 1.10 bits per heavy atom. The van der Waals surface area contributed by atoms with Gasteiger partial charge >= 0.3 is 0 Å². The van der Waals surface area contributed by atoms with Crippen LogP contribution in [0.4, 0.5) is 0 Å². The third-order valence-electron chi connectivity index (χ3n) is 4.66. The number of hydrogen-bond acceptors (Lipinski definition) is 1. The summed E-state index contributed by atoms with van der Waals surface area (Å²) < 4.78 is 0. The summed E-state index contributed by atoms with van der Waals surface area (Å²) in [5.41, 5.74) is 5.08. The Balaban J connectivity index is 1.63. The molecule has 1 N–H and O–H groups in total. The largest absolute Gasteiger partial charge is 0.388 e.